The van der Waals surface area contributed by atoms with Gasteiger partial charge in [0.25, 0.3) is 0 Å². The zero-order valence-corrected chi connectivity index (χ0v) is 18.9. The van der Waals surface area contributed by atoms with Gasteiger partial charge in [0, 0.05) is 5.39 Å². The molecule has 33 heavy (non-hydrogen) atoms. The van der Waals surface area contributed by atoms with Crippen molar-refractivity contribution in [3.8, 4) is 0 Å². The maximum atomic E-state index is 13.4. The van der Waals surface area contributed by atoms with Crippen molar-refractivity contribution in [3.63, 3.8) is 0 Å². The van der Waals surface area contributed by atoms with Gasteiger partial charge in [0.1, 0.15) is 11.6 Å². The van der Waals surface area contributed by atoms with Crippen LogP contribution in [0.2, 0.25) is 0 Å². The molecule has 0 saturated heterocycles. The number of aliphatic hydroxyl groups is 2. The Bertz CT molecular complexity index is 1170. The molecule has 0 spiro atoms. The average Bonchev–Trinajstić information content (AvgIpc) is 2.75. The van der Waals surface area contributed by atoms with Gasteiger partial charge >= 0.3 is 6.18 Å². The van der Waals surface area contributed by atoms with Crippen LogP contribution >= 0.6 is 0 Å². The molecule has 1 fully saturated rings. The van der Waals surface area contributed by atoms with Gasteiger partial charge in [0.05, 0.1) is 28.8 Å². The smallest absolute Gasteiger partial charge is 0.393 e. The summed E-state index contributed by atoms with van der Waals surface area (Å²) in [6, 6.07) is 9.26. The summed E-state index contributed by atoms with van der Waals surface area (Å²) in [7, 11) is 0. The standard InChI is InChI=1S/C25H28F3N3O2/c1-14-19(5-4-6-21(14)25(26,27)28)15(2)29-23-20-13-17(7-8-22(20)30-16(3)31-23)24(33)11-9-18(32)10-12-24/h4-8,13,15,18,32-33H,9-12H2,1-3H3,(H,29,30,31)/t15-,18?,24?/m1/s1. The Hall–Kier alpha value is -2.71. The van der Waals surface area contributed by atoms with Gasteiger partial charge in [0.15, 0.2) is 0 Å². The van der Waals surface area contributed by atoms with E-state index < -0.39 is 29.5 Å². The van der Waals surface area contributed by atoms with Crippen molar-refractivity contribution < 1.29 is 23.4 Å². The zero-order chi connectivity index (χ0) is 24.0. The second-order valence-corrected chi connectivity index (χ2v) is 9.00. The SMILES string of the molecule is Cc1nc(N[C@H](C)c2cccc(C(F)(F)F)c2C)c2cc(C3(O)CCC(O)CC3)ccc2n1. The highest BCUT2D eigenvalue weighted by atomic mass is 19.4. The largest absolute Gasteiger partial charge is 0.416 e. The Morgan fingerprint density at radius 1 is 1.09 bits per heavy atom. The molecule has 5 nitrogen and oxygen atoms in total. The lowest BCUT2D eigenvalue weighted by Crippen LogP contribution is -2.33. The van der Waals surface area contributed by atoms with Crippen LogP contribution < -0.4 is 5.32 Å². The van der Waals surface area contributed by atoms with Crippen molar-refractivity contribution >= 4 is 16.7 Å². The molecule has 1 heterocycles. The number of hydrogen-bond donors (Lipinski definition) is 3. The third-order valence-corrected chi connectivity index (χ3v) is 6.63. The van der Waals surface area contributed by atoms with Gasteiger partial charge in [-0.25, -0.2) is 9.97 Å². The molecule has 8 heteroatoms. The molecule has 1 atom stereocenters. The van der Waals surface area contributed by atoms with Crippen LogP contribution in [0.4, 0.5) is 19.0 Å². The van der Waals surface area contributed by atoms with E-state index in [9.17, 15) is 23.4 Å². The molecular formula is C25H28F3N3O2. The number of nitrogens with zero attached hydrogens (tertiary/aromatic N) is 2. The van der Waals surface area contributed by atoms with Gasteiger partial charge in [-0.05, 0) is 81.3 Å². The Balaban J connectivity index is 1.72. The number of hydrogen-bond acceptors (Lipinski definition) is 5. The van der Waals surface area contributed by atoms with Crippen LogP contribution in [0.25, 0.3) is 10.9 Å². The first-order valence-corrected chi connectivity index (χ1v) is 11.1. The minimum atomic E-state index is -4.42. The molecule has 3 N–H and O–H groups in total. The van der Waals surface area contributed by atoms with E-state index in [0.717, 1.165) is 11.6 Å². The Kier molecular flexibility index (Phi) is 6.09. The van der Waals surface area contributed by atoms with Gasteiger partial charge < -0.3 is 15.5 Å². The molecule has 0 amide bonds. The van der Waals surface area contributed by atoms with Crippen LogP contribution in [0, 0.1) is 13.8 Å². The van der Waals surface area contributed by atoms with E-state index in [4.69, 9.17) is 0 Å². The predicted octanol–water partition coefficient (Wildman–Crippen LogP) is 5.56. The Morgan fingerprint density at radius 2 is 1.79 bits per heavy atom. The number of fused-ring (bicyclic) bond motifs is 1. The number of aliphatic hydroxyl groups excluding tert-OH is 1. The lowest BCUT2D eigenvalue weighted by atomic mass is 9.78. The quantitative estimate of drug-likeness (QED) is 0.476. The van der Waals surface area contributed by atoms with Crippen molar-refractivity contribution in [2.75, 3.05) is 5.32 Å². The van der Waals surface area contributed by atoms with E-state index >= 15 is 0 Å². The first-order chi connectivity index (χ1) is 15.5. The monoisotopic (exact) mass is 459 g/mol. The molecule has 2 aromatic carbocycles. The van der Waals surface area contributed by atoms with E-state index in [1.807, 2.05) is 18.2 Å². The first kappa shape index (κ1) is 23.4. The van der Waals surface area contributed by atoms with Gasteiger partial charge in [0.2, 0.25) is 0 Å². The molecule has 1 aromatic heterocycles. The summed E-state index contributed by atoms with van der Waals surface area (Å²) in [5.41, 5.74) is 0.419. The van der Waals surface area contributed by atoms with Crippen molar-refractivity contribution in [2.45, 2.75) is 70.4 Å². The minimum Gasteiger partial charge on any atom is -0.393 e. The highest BCUT2D eigenvalue weighted by Gasteiger charge is 2.35. The van der Waals surface area contributed by atoms with Crippen molar-refractivity contribution in [1.29, 1.82) is 0 Å². The molecule has 0 aliphatic heterocycles. The van der Waals surface area contributed by atoms with Crippen LogP contribution in [-0.4, -0.2) is 26.3 Å². The number of aromatic nitrogens is 2. The topological polar surface area (TPSA) is 78.3 Å². The van der Waals surface area contributed by atoms with Gasteiger partial charge in [-0.3, -0.25) is 0 Å². The second-order valence-electron chi connectivity index (χ2n) is 9.00. The molecule has 176 valence electrons. The van der Waals surface area contributed by atoms with E-state index in [1.54, 1.807) is 19.9 Å². The molecule has 1 saturated carbocycles. The fourth-order valence-corrected chi connectivity index (χ4v) is 4.73. The molecular weight excluding hydrogens is 431 g/mol. The van der Waals surface area contributed by atoms with Gasteiger partial charge in [-0.15, -0.1) is 0 Å². The third kappa shape index (κ3) is 4.68. The Labute approximate surface area is 190 Å². The van der Waals surface area contributed by atoms with E-state index in [-0.39, 0.29) is 5.56 Å². The van der Waals surface area contributed by atoms with Gasteiger partial charge in [-0.2, -0.15) is 13.2 Å². The molecule has 1 aliphatic rings. The van der Waals surface area contributed by atoms with Crippen molar-refractivity contribution in [3.05, 3.63) is 64.5 Å². The fourth-order valence-electron chi connectivity index (χ4n) is 4.73. The van der Waals surface area contributed by atoms with E-state index in [0.29, 0.717) is 53.8 Å². The van der Waals surface area contributed by atoms with E-state index in [2.05, 4.69) is 15.3 Å². The van der Waals surface area contributed by atoms with Crippen molar-refractivity contribution in [2.24, 2.45) is 0 Å². The minimum absolute atomic E-state index is 0.177. The Morgan fingerprint density at radius 3 is 2.45 bits per heavy atom. The van der Waals surface area contributed by atoms with Crippen LogP contribution in [0.15, 0.2) is 36.4 Å². The number of benzene rings is 2. The summed E-state index contributed by atoms with van der Waals surface area (Å²) in [6.07, 6.45) is -2.86. The highest BCUT2D eigenvalue weighted by Crippen LogP contribution is 2.39. The number of anilines is 1. The van der Waals surface area contributed by atoms with Crippen LogP contribution in [0.5, 0.6) is 0 Å². The molecule has 3 aromatic rings. The maximum absolute atomic E-state index is 13.4. The lowest BCUT2D eigenvalue weighted by Gasteiger charge is -2.35. The first-order valence-electron chi connectivity index (χ1n) is 11.1. The van der Waals surface area contributed by atoms with Crippen LogP contribution in [0.1, 0.15) is 66.7 Å². The summed E-state index contributed by atoms with van der Waals surface area (Å²) < 4.78 is 40.1. The summed E-state index contributed by atoms with van der Waals surface area (Å²) in [6.45, 7) is 5.03. The summed E-state index contributed by atoms with van der Waals surface area (Å²) in [5, 5.41) is 25.0. The molecule has 4 rings (SSSR count). The highest BCUT2D eigenvalue weighted by molar-refractivity contribution is 5.90. The lowest BCUT2D eigenvalue weighted by molar-refractivity contribution is -0.138. The van der Waals surface area contributed by atoms with Crippen LogP contribution in [0.3, 0.4) is 0 Å². The second kappa shape index (κ2) is 8.57. The maximum Gasteiger partial charge on any atom is 0.416 e. The average molecular weight is 460 g/mol. The van der Waals surface area contributed by atoms with Crippen LogP contribution in [-0.2, 0) is 11.8 Å². The summed E-state index contributed by atoms with van der Waals surface area (Å²) in [4.78, 5) is 9.00. The fraction of sp³-hybridized carbons (Fsp3) is 0.440. The number of alkyl halides is 3. The number of halogens is 3. The van der Waals surface area contributed by atoms with E-state index in [1.165, 1.54) is 13.0 Å². The molecule has 0 unspecified atom stereocenters. The number of rotatable bonds is 4. The number of aryl methyl sites for hydroxylation is 1. The summed E-state index contributed by atoms with van der Waals surface area (Å²) >= 11 is 0. The normalized spacial score (nSPS) is 22.4. The predicted molar refractivity (Wildman–Crippen MR) is 121 cm³/mol. The summed E-state index contributed by atoms with van der Waals surface area (Å²) in [5.74, 6) is 1.04. The van der Waals surface area contributed by atoms with Gasteiger partial charge in [-0.1, -0.05) is 18.2 Å². The molecule has 0 bridgehead atoms. The third-order valence-electron chi connectivity index (χ3n) is 6.63. The molecule has 0 radical (unpaired) electrons. The number of nitrogens with one attached hydrogen (secondary N) is 1. The molecule has 1 aliphatic carbocycles. The van der Waals surface area contributed by atoms with Crippen molar-refractivity contribution in [1.82, 2.24) is 9.97 Å². The zero-order valence-electron chi connectivity index (χ0n) is 18.9.